The van der Waals surface area contributed by atoms with Crippen LogP contribution in [0.5, 0.6) is 0 Å². The Morgan fingerprint density at radius 3 is 2.83 bits per heavy atom. The van der Waals surface area contributed by atoms with Crippen molar-refractivity contribution in [3.63, 3.8) is 0 Å². The van der Waals surface area contributed by atoms with Gasteiger partial charge in [-0.3, -0.25) is 4.98 Å². The summed E-state index contributed by atoms with van der Waals surface area (Å²) in [5.41, 5.74) is 0.0209. The van der Waals surface area contributed by atoms with E-state index in [1.165, 1.54) is 10.6 Å². The highest BCUT2D eigenvalue weighted by molar-refractivity contribution is 9.10. The lowest BCUT2D eigenvalue weighted by Crippen LogP contribution is -2.35. The molecule has 0 amide bonds. The van der Waals surface area contributed by atoms with Gasteiger partial charge in [-0.15, -0.1) is 0 Å². The van der Waals surface area contributed by atoms with Gasteiger partial charge in [-0.1, -0.05) is 6.07 Å². The number of alkyl halides is 3. The predicted molar refractivity (Wildman–Crippen MR) is 107 cm³/mol. The largest absolute Gasteiger partial charge is 0.433 e. The summed E-state index contributed by atoms with van der Waals surface area (Å²) in [6, 6.07) is 6.73. The average molecular weight is 469 g/mol. The lowest BCUT2D eigenvalue weighted by Gasteiger charge is -2.30. The van der Waals surface area contributed by atoms with E-state index in [9.17, 15) is 13.2 Å². The molecule has 0 unspecified atom stereocenters. The Labute approximate surface area is 174 Å². The molecule has 1 fully saturated rings. The van der Waals surface area contributed by atoms with Gasteiger partial charge in [-0.05, 0) is 53.9 Å². The molecule has 6 nitrogen and oxygen atoms in total. The average Bonchev–Trinajstić information content (AvgIpc) is 3.29. The van der Waals surface area contributed by atoms with E-state index in [0.717, 1.165) is 30.9 Å². The van der Waals surface area contributed by atoms with Gasteiger partial charge in [0.25, 0.3) is 0 Å². The van der Waals surface area contributed by atoms with E-state index in [2.05, 4.69) is 41.6 Å². The third-order valence-corrected chi connectivity index (χ3v) is 5.97. The molecular formula is C19H20BrF3N6. The Morgan fingerprint density at radius 1 is 1.34 bits per heavy atom. The van der Waals surface area contributed by atoms with Gasteiger partial charge >= 0.3 is 6.18 Å². The van der Waals surface area contributed by atoms with Crippen LogP contribution in [0.2, 0.25) is 0 Å². The Hall–Kier alpha value is -2.20. The standard InChI is InChI=1S/C19H20BrF3N6/c1-24-13-4-5-18(9-13,12-3-2-6-25-10-12)11-26-16-7-14(19(21,22)23)27-17-8-15(20)28-29(16)17/h2-3,6-8,10,13,24,26H,4-5,9,11H2,1H3/t13-,18+/m0/s1. The minimum absolute atomic E-state index is 0.129. The molecule has 3 heterocycles. The van der Waals surface area contributed by atoms with E-state index in [1.807, 2.05) is 25.4 Å². The first kappa shape index (κ1) is 20.1. The van der Waals surface area contributed by atoms with Crippen LogP contribution in [0, 0.1) is 0 Å². The van der Waals surface area contributed by atoms with Crippen molar-refractivity contribution in [2.45, 2.75) is 36.9 Å². The van der Waals surface area contributed by atoms with Crippen molar-refractivity contribution >= 4 is 27.4 Å². The predicted octanol–water partition coefficient (Wildman–Crippen LogP) is 4.03. The minimum atomic E-state index is -4.54. The van der Waals surface area contributed by atoms with Crippen LogP contribution in [0.25, 0.3) is 5.65 Å². The Kier molecular flexibility index (Phi) is 5.24. The molecule has 2 N–H and O–H groups in total. The summed E-state index contributed by atoms with van der Waals surface area (Å²) >= 11 is 3.22. The number of anilines is 1. The first-order valence-electron chi connectivity index (χ1n) is 9.26. The molecule has 29 heavy (non-hydrogen) atoms. The Bertz CT molecular complexity index is 1010. The molecule has 2 atom stereocenters. The fourth-order valence-electron chi connectivity index (χ4n) is 4.05. The zero-order valence-electron chi connectivity index (χ0n) is 15.7. The second kappa shape index (κ2) is 7.56. The molecule has 3 aromatic heterocycles. The van der Waals surface area contributed by atoms with Crippen molar-refractivity contribution in [2.75, 3.05) is 18.9 Å². The van der Waals surface area contributed by atoms with Crippen LogP contribution in [0.4, 0.5) is 19.0 Å². The monoisotopic (exact) mass is 468 g/mol. The van der Waals surface area contributed by atoms with Crippen molar-refractivity contribution in [2.24, 2.45) is 0 Å². The fourth-order valence-corrected chi connectivity index (χ4v) is 4.41. The normalized spacial score (nSPS) is 22.3. The fraction of sp³-hybridized carbons (Fsp3) is 0.421. The molecular weight excluding hydrogens is 449 g/mol. The van der Waals surface area contributed by atoms with E-state index < -0.39 is 11.9 Å². The van der Waals surface area contributed by atoms with Gasteiger partial charge in [0.15, 0.2) is 11.3 Å². The maximum Gasteiger partial charge on any atom is 0.433 e. The van der Waals surface area contributed by atoms with Gasteiger partial charge in [0.2, 0.25) is 0 Å². The van der Waals surface area contributed by atoms with E-state index in [-0.39, 0.29) is 16.9 Å². The summed E-state index contributed by atoms with van der Waals surface area (Å²) in [6.07, 6.45) is 1.78. The number of halogens is 4. The third kappa shape index (κ3) is 3.95. The summed E-state index contributed by atoms with van der Waals surface area (Å²) in [6.45, 7) is 0.463. The molecule has 0 aromatic carbocycles. The van der Waals surface area contributed by atoms with Crippen LogP contribution in [0.3, 0.4) is 0 Å². The molecule has 0 aliphatic heterocycles. The number of nitrogens with zero attached hydrogens (tertiary/aromatic N) is 4. The first-order valence-corrected chi connectivity index (χ1v) is 10.1. The third-order valence-electron chi connectivity index (χ3n) is 5.59. The van der Waals surface area contributed by atoms with E-state index in [1.54, 1.807) is 6.20 Å². The first-order chi connectivity index (χ1) is 13.8. The highest BCUT2D eigenvalue weighted by atomic mass is 79.9. The number of nitrogens with one attached hydrogen (secondary N) is 2. The molecule has 154 valence electrons. The summed E-state index contributed by atoms with van der Waals surface area (Å²) in [5.74, 6) is 0.254. The van der Waals surface area contributed by atoms with Gasteiger partial charge in [0.05, 0.1) is 0 Å². The molecule has 0 saturated heterocycles. The molecule has 1 saturated carbocycles. The minimum Gasteiger partial charge on any atom is -0.369 e. The number of pyridine rings is 1. The summed E-state index contributed by atoms with van der Waals surface area (Å²) < 4.78 is 41.8. The highest BCUT2D eigenvalue weighted by Gasteiger charge is 2.40. The Morgan fingerprint density at radius 2 is 2.17 bits per heavy atom. The van der Waals surface area contributed by atoms with Gasteiger partial charge in [0, 0.05) is 42.5 Å². The van der Waals surface area contributed by atoms with Gasteiger partial charge in [0.1, 0.15) is 10.4 Å². The maximum absolute atomic E-state index is 13.3. The van der Waals surface area contributed by atoms with Crippen molar-refractivity contribution in [1.29, 1.82) is 0 Å². The topological polar surface area (TPSA) is 67.1 Å². The van der Waals surface area contributed by atoms with Gasteiger partial charge in [-0.25, -0.2) is 4.98 Å². The lowest BCUT2D eigenvalue weighted by atomic mass is 9.79. The number of hydrogen-bond acceptors (Lipinski definition) is 5. The molecule has 1 aliphatic carbocycles. The second-order valence-corrected chi connectivity index (χ2v) is 8.18. The van der Waals surface area contributed by atoms with Crippen LogP contribution < -0.4 is 10.6 Å². The molecule has 3 aromatic rings. The van der Waals surface area contributed by atoms with Gasteiger partial charge < -0.3 is 10.6 Å². The molecule has 4 rings (SSSR count). The zero-order valence-corrected chi connectivity index (χ0v) is 17.3. The zero-order chi connectivity index (χ0) is 20.6. The molecule has 0 spiro atoms. The number of hydrogen-bond donors (Lipinski definition) is 2. The van der Waals surface area contributed by atoms with E-state index >= 15 is 0 Å². The van der Waals surface area contributed by atoms with Crippen LogP contribution >= 0.6 is 15.9 Å². The highest BCUT2D eigenvalue weighted by Crippen LogP contribution is 2.41. The van der Waals surface area contributed by atoms with Crippen molar-refractivity contribution in [3.05, 3.63) is 52.5 Å². The Balaban J connectivity index is 1.70. The molecule has 0 bridgehead atoms. The van der Waals surface area contributed by atoms with Gasteiger partial charge in [-0.2, -0.15) is 22.8 Å². The second-order valence-electron chi connectivity index (χ2n) is 7.37. The smallest absolute Gasteiger partial charge is 0.369 e. The van der Waals surface area contributed by atoms with Crippen LogP contribution in [0.1, 0.15) is 30.5 Å². The molecule has 0 radical (unpaired) electrons. The van der Waals surface area contributed by atoms with Crippen LogP contribution in [-0.4, -0.2) is 39.2 Å². The van der Waals surface area contributed by atoms with E-state index in [4.69, 9.17) is 0 Å². The summed E-state index contributed by atoms with van der Waals surface area (Å²) in [7, 11) is 1.93. The summed E-state index contributed by atoms with van der Waals surface area (Å²) in [5, 5.41) is 10.8. The SMILES string of the molecule is CN[C@H]1CC[C@@](CNc2cc(C(F)(F)F)nc3cc(Br)nn23)(c2cccnc2)C1. The molecule has 10 heteroatoms. The van der Waals surface area contributed by atoms with Crippen molar-refractivity contribution in [1.82, 2.24) is 24.9 Å². The lowest BCUT2D eigenvalue weighted by molar-refractivity contribution is -0.141. The number of fused-ring (bicyclic) bond motifs is 1. The molecule has 1 aliphatic rings. The maximum atomic E-state index is 13.3. The number of aromatic nitrogens is 4. The number of rotatable bonds is 5. The quantitative estimate of drug-likeness (QED) is 0.591. The van der Waals surface area contributed by atoms with Crippen molar-refractivity contribution < 1.29 is 13.2 Å². The van der Waals surface area contributed by atoms with Crippen LogP contribution in [-0.2, 0) is 11.6 Å². The van der Waals surface area contributed by atoms with Crippen molar-refractivity contribution in [3.8, 4) is 0 Å². The summed E-state index contributed by atoms with van der Waals surface area (Å²) in [4.78, 5) is 7.94. The van der Waals surface area contributed by atoms with Crippen LogP contribution in [0.15, 0.2) is 41.3 Å². The van der Waals surface area contributed by atoms with E-state index in [0.29, 0.717) is 17.2 Å².